The highest BCUT2D eigenvalue weighted by molar-refractivity contribution is 5.93. The maximum atomic E-state index is 12.8. The van der Waals surface area contributed by atoms with Gasteiger partial charge >= 0.3 is 0 Å². The first-order valence-electron chi connectivity index (χ1n) is 9.03. The summed E-state index contributed by atoms with van der Waals surface area (Å²) in [6.45, 7) is 1.28. The lowest BCUT2D eigenvalue weighted by Crippen LogP contribution is -2.46. The molecule has 2 aromatic rings. The van der Waals surface area contributed by atoms with E-state index in [1.165, 1.54) is 0 Å². The van der Waals surface area contributed by atoms with Gasteiger partial charge in [-0.25, -0.2) is 9.97 Å². The summed E-state index contributed by atoms with van der Waals surface area (Å²) in [5.41, 5.74) is 0.339. The number of hydrogen-bond donors (Lipinski definition) is 1. The standard InChI is InChI=1S/C18H23N5O3/c1-22(16(24)15-13-5-2-3-6-14(13)26-21-15)11-18(25)7-10-23(12-18)17-19-8-4-9-20-17/h4,8-9,25H,2-3,5-7,10-12H2,1H3. The van der Waals surface area contributed by atoms with Gasteiger partial charge in [0.05, 0.1) is 13.1 Å². The van der Waals surface area contributed by atoms with Crippen LogP contribution in [0.15, 0.2) is 23.0 Å². The number of rotatable bonds is 4. The van der Waals surface area contributed by atoms with Crippen LogP contribution in [0.5, 0.6) is 0 Å². The van der Waals surface area contributed by atoms with Gasteiger partial charge in [0.15, 0.2) is 5.69 Å². The molecule has 4 rings (SSSR count). The molecule has 138 valence electrons. The minimum absolute atomic E-state index is 0.195. The van der Waals surface area contributed by atoms with Gasteiger partial charge in [0.1, 0.15) is 11.4 Å². The van der Waals surface area contributed by atoms with Gasteiger partial charge in [-0.1, -0.05) is 5.16 Å². The quantitative estimate of drug-likeness (QED) is 0.874. The summed E-state index contributed by atoms with van der Waals surface area (Å²) < 4.78 is 5.34. The van der Waals surface area contributed by atoms with Crippen LogP contribution >= 0.6 is 0 Å². The highest BCUT2D eigenvalue weighted by Crippen LogP contribution is 2.27. The largest absolute Gasteiger partial charge is 0.386 e. The zero-order valence-electron chi connectivity index (χ0n) is 14.9. The lowest BCUT2D eigenvalue weighted by atomic mass is 9.96. The maximum absolute atomic E-state index is 12.8. The Morgan fingerprint density at radius 1 is 1.35 bits per heavy atom. The van der Waals surface area contributed by atoms with E-state index in [4.69, 9.17) is 4.52 Å². The summed E-state index contributed by atoms with van der Waals surface area (Å²) in [5, 5.41) is 14.9. The molecule has 26 heavy (non-hydrogen) atoms. The molecule has 0 saturated carbocycles. The summed E-state index contributed by atoms with van der Waals surface area (Å²) >= 11 is 0. The van der Waals surface area contributed by atoms with Crippen molar-refractivity contribution in [2.75, 3.05) is 31.6 Å². The molecule has 2 aliphatic rings. The van der Waals surface area contributed by atoms with Gasteiger partial charge in [-0.15, -0.1) is 0 Å². The van der Waals surface area contributed by atoms with Crippen LogP contribution in [0.4, 0.5) is 5.95 Å². The Bertz CT molecular complexity index is 793. The van der Waals surface area contributed by atoms with Crippen LogP contribution in [0.25, 0.3) is 0 Å². The van der Waals surface area contributed by atoms with Gasteiger partial charge in [-0.05, 0) is 31.7 Å². The Kier molecular flexibility index (Phi) is 4.36. The Balaban J connectivity index is 1.44. The SMILES string of the molecule is CN(CC1(O)CCN(c2ncccn2)C1)C(=O)c1noc2c1CCCC2. The van der Waals surface area contributed by atoms with E-state index in [-0.39, 0.29) is 12.5 Å². The van der Waals surface area contributed by atoms with Crippen molar-refractivity contribution in [3.8, 4) is 0 Å². The molecule has 8 heteroatoms. The fraction of sp³-hybridized carbons (Fsp3) is 0.556. The highest BCUT2D eigenvalue weighted by Gasteiger charge is 2.39. The second kappa shape index (κ2) is 6.68. The minimum Gasteiger partial charge on any atom is -0.386 e. The van der Waals surface area contributed by atoms with E-state index in [9.17, 15) is 9.90 Å². The molecule has 1 atom stereocenters. The zero-order chi connectivity index (χ0) is 18.1. The highest BCUT2D eigenvalue weighted by atomic mass is 16.5. The molecule has 2 aromatic heterocycles. The smallest absolute Gasteiger partial charge is 0.276 e. The van der Waals surface area contributed by atoms with E-state index in [1.807, 2.05) is 4.90 Å². The fourth-order valence-corrected chi connectivity index (χ4v) is 3.86. The number of amides is 1. The number of β-amino-alcohol motifs (C(OH)–C–C–N with tert-alkyl or cyclic N) is 1. The lowest BCUT2D eigenvalue weighted by Gasteiger charge is -2.28. The number of carbonyl (C=O) groups excluding carboxylic acids is 1. The topological polar surface area (TPSA) is 95.6 Å². The summed E-state index contributed by atoms with van der Waals surface area (Å²) in [6, 6.07) is 1.76. The third-order valence-corrected chi connectivity index (χ3v) is 5.20. The molecule has 1 N–H and O–H groups in total. The van der Waals surface area contributed by atoms with Crippen molar-refractivity contribution in [3.63, 3.8) is 0 Å². The van der Waals surface area contributed by atoms with Crippen LogP contribution in [-0.2, 0) is 12.8 Å². The summed E-state index contributed by atoms with van der Waals surface area (Å²) in [5.74, 6) is 1.24. The van der Waals surface area contributed by atoms with Gasteiger partial charge in [-0.2, -0.15) is 0 Å². The van der Waals surface area contributed by atoms with Crippen molar-refractivity contribution in [1.82, 2.24) is 20.0 Å². The predicted octanol–water partition coefficient (Wildman–Crippen LogP) is 1.06. The van der Waals surface area contributed by atoms with Crippen LogP contribution in [0.1, 0.15) is 41.1 Å². The molecule has 0 aromatic carbocycles. The second-order valence-electron chi connectivity index (χ2n) is 7.25. The minimum atomic E-state index is -0.993. The summed E-state index contributed by atoms with van der Waals surface area (Å²) in [4.78, 5) is 24.8. The molecule has 1 fully saturated rings. The summed E-state index contributed by atoms with van der Waals surface area (Å²) in [7, 11) is 1.70. The van der Waals surface area contributed by atoms with E-state index in [1.54, 1.807) is 30.4 Å². The van der Waals surface area contributed by atoms with Gasteiger partial charge in [0, 0.05) is 38.0 Å². The van der Waals surface area contributed by atoms with E-state index < -0.39 is 5.60 Å². The van der Waals surface area contributed by atoms with E-state index >= 15 is 0 Å². The van der Waals surface area contributed by atoms with Crippen molar-refractivity contribution < 1.29 is 14.4 Å². The third-order valence-electron chi connectivity index (χ3n) is 5.20. The molecule has 1 aliphatic heterocycles. The van der Waals surface area contributed by atoms with Crippen molar-refractivity contribution in [2.45, 2.75) is 37.7 Å². The number of aliphatic hydroxyl groups is 1. The molecular weight excluding hydrogens is 334 g/mol. The number of carbonyl (C=O) groups is 1. The number of aromatic nitrogens is 3. The number of anilines is 1. The normalized spacial score (nSPS) is 22.3. The first kappa shape index (κ1) is 17.0. The molecular formula is C18H23N5O3. The van der Waals surface area contributed by atoms with Crippen LogP contribution in [0.3, 0.4) is 0 Å². The third kappa shape index (κ3) is 3.16. The van der Waals surface area contributed by atoms with Crippen LogP contribution in [0.2, 0.25) is 0 Å². The van der Waals surface area contributed by atoms with Crippen LogP contribution in [0, 0.1) is 0 Å². The number of hydrogen-bond acceptors (Lipinski definition) is 7. The van der Waals surface area contributed by atoms with Gasteiger partial charge in [-0.3, -0.25) is 4.79 Å². The van der Waals surface area contributed by atoms with Crippen molar-refractivity contribution in [3.05, 3.63) is 35.5 Å². The number of nitrogens with zero attached hydrogens (tertiary/aromatic N) is 5. The average Bonchev–Trinajstić information content (AvgIpc) is 3.26. The van der Waals surface area contributed by atoms with E-state index in [2.05, 4.69) is 15.1 Å². The van der Waals surface area contributed by atoms with E-state index in [0.29, 0.717) is 31.2 Å². The first-order chi connectivity index (χ1) is 12.6. The Labute approximate surface area is 151 Å². The van der Waals surface area contributed by atoms with Gasteiger partial charge in [0.25, 0.3) is 5.91 Å². The molecule has 3 heterocycles. The summed E-state index contributed by atoms with van der Waals surface area (Å²) in [6.07, 6.45) is 7.72. The van der Waals surface area contributed by atoms with Gasteiger partial charge < -0.3 is 19.4 Å². The number of aryl methyl sites for hydroxylation is 1. The van der Waals surface area contributed by atoms with E-state index in [0.717, 1.165) is 37.0 Å². The molecule has 1 amide bonds. The molecule has 1 aliphatic carbocycles. The predicted molar refractivity (Wildman–Crippen MR) is 93.9 cm³/mol. The average molecular weight is 357 g/mol. The maximum Gasteiger partial charge on any atom is 0.276 e. The first-order valence-corrected chi connectivity index (χ1v) is 9.03. The second-order valence-corrected chi connectivity index (χ2v) is 7.25. The number of likely N-dealkylation sites (N-methyl/N-ethyl adjacent to an activating group) is 1. The van der Waals surface area contributed by atoms with Gasteiger partial charge in [0.2, 0.25) is 5.95 Å². The molecule has 0 radical (unpaired) electrons. The Morgan fingerprint density at radius 3 is 2.92 bits per heavy atom. The van der Waals surface area contributed by atoms with Crippen molar-refractivity contribution >= 4 is 11.9 Å². The zero-order valence-corrected chi connectivity index (χ0v) is 14.9. The molecule has 1 unspecified atom stereocenters. The fourth-order valence-electron chi connectivity index (χ4n) is 3.86. The molecule has 0 bridgehead atoms. The van der Waals surface area contributed by atoms with Crippen LogP contribution in [-0.4, -0.2) is 63.3 Å². The van der Waals surface area contributed by atoms with Crippen molar-refractivity contribution in [1.29, 1.82) is 0 Å². The molecule has 8 nitrogen and oxygen atoms in total. The molecule has 0 spiro atoms. The Hall–Kier alpha value is -2.48. The Morgan fingerprint density at radius 2 is 2.12 bits per heavy atom. The lowest BCUT2D eigenvalue weighted by molar-refractivity contribution is 0.0259. The number of fused-ring (bicyclic) bond motifs is 1. The van der Waals surface area contributed by atoms with Crippen molar-refractivity contribution in [2.24, 2.45) is 0 Å². The monoisotopic (exact) mass is 357 g/mol. The molecule has 1 saturated heterocycles. The van der Waals surface area contributed by atoms with Crippen LogP contribution < -0.4 is 4.90 Å².